The van der Waals surface area contributed by atoms with Crippen molar-refractivity contribution < 1.29 is 23.0 Å². The zero-order valence-corrected chi connectivity index (χ0v) is 8.77. The van der Waals surface area contributed by atoms with Crippen LogP contribution in [0.1, 0.15) is 6.92 Å². The summed E-state index contributed by atoms with van der Waals surface area (Å²) < 4.78 is 18.9. The lowest BCUT2D eigenvalue weighted by atomic mass is 10.4. The van der Waals surface area contributed by atoms with Gasteiger partial charge in [-0.05, 0) is 10.9 Å². The van der Waals surface area contributed by atoms with Crippen LogP contribution in [0.15, 0.2) is 12.2 Å². The van der Waals surface area contributed by atoms with Gasteiger partial charge in [0.15, 0.2) is 0 Å². The Morgan fingerprint density at radius 1 is 1.69 bits per heavy atom. The summed E-state index contributed by atoms with van der Waals surface area (Å²) in [5.41, 5.74) is 0.319. The van der Waals surface area contributed by atoms with E-state index in [4.69, 9.17) is 4.89 Å². The van der Waals surface area contributed by atoms with Crippen molar-refractivity contribution >= 4 is 26.3 Å². The van der Waals surface area contributed by atoms with E-state index in [0.29, 0.717) is 11.3 Å². The molecule has 0 fully saturated rings. The lowest BCUT2D eigenvalue weighted by molar-refractivity contribution is -0.138. The van der Waals surface area contributed by atoms with Gasteiger partial charge in [-0.25, -0.2) is 4.79 Å². The predicted molar refractivity (Wildman–Crippen MR) is 49.1 cm³/mol. The molecule has 13 heavy (non-hydrogen) atoms. The zero-order valence-electron chi connectivity index (χ0n) is 7.06. The first-order valence-corrected chi connectivity index (χ1v) is 5.36. The maximum atomic E-state index is 10.8. The van der Waals surface area contributed by atoms with E-state index in [0.717, 1.165) is 12.0 Å². The number of hydrogen-bond acceptors (Lipinski definition) is 5. The highest BCUT2D eigenvalue weighted by atomic mass is 32.2. The van der Waals surface area contributed by atoms with Gasteiger partial charge in [-0.3, -0.25) is 0 Å². The molecule has 0 amide bonds. The van der Waals surface area contributed by atoms with Crippen LogP contribution in [0.3, 0.4) is 0 Å². The Morgan fingerprint density at radius 2 is 2.31 bits per heavy atom. The van der Waals surface area contributed by atoms with Crippen molar-refractivity contribution in [2.45, 2.75) is 6.92 Å². The molecular weight excluding hydrogens is 215 g/mol. The summed E-state index contributed by atoms with van der Waals surface area (Å²) in [5.74, 6) is -0.172. The van der Waals surface area contributed by atoms with Gasteiger partial charge in [0.2, 0.25) is 0 Å². The average molecular weight is 225 g/mol. The number of hydrogen-bond donors (Lipinski definition) is 1. The molecule has 0 saturated heterocycles. The molecule has 0 aromatic carbocycles. The average Bonchev–Trinajstić information content (AvgIpc) is 2.02. The fourth-order valence-electron chi connectivity index (χ4n) is 0.374. The number of rotatable bonds is 6. The summed E-state index contributed by atoms with van der Waals surface area (Å²) in [6.07, 6.45) is 0. The van der Waals surface area contributed by atoms with Crippen molar-refractivity contribution in [3.8, 4) is 0 Å². The summed E-state index contributed by atoms with van der Waals surface area (Å²) in [7, 11) is -2.59. The molecule has 0 bridgehead atoms. The van der Waals surface area contributed by atoms with Gasteiger partial charge in [0.05, 0.1) is 17.8 Å². The van der Waals surface area contributed by atoms with Crippen LogP contribution in [0.2, 0.25) is 0 Å². The highest BCUT2D eigenvalue weighted by Gasteiger charge is 2.12. The molecule has 5 nitrogen and oxygen atoms in total. The fraction of sp³-hybridized carbons (Fsp3) is 0.500. The summed E-state index contributed by atoms with van der Waals surface area (Å²) in [5, 5.41) is 0. The van der Waals surface area contributed by atoms with Gasteiger partial charge in [-0.1, -0.05) is 6.58 Å². The summed E-state index contributed by atoms with van der Waals surface area (Å²) >= 11 is 0.774. The van der Waals surface area contributed by atoms with E-state index in [1.54, 1.807) is 0 Å². The molecule has 1 unspecified atom stereocenters. The quantitative estimate of drug-likeness (QED) is 0.242. The lowest BCUT2D eigenvalue weighted by Crippen LogP contribution is -2.07. The monoisotopic (exact) mass is 225 g/mol. The first-order chi connectivity index (χ1) is 6.04. The smallest absolute Gasteiger partial charge is 0.461 e. The lowest BCUT2D eigenvalue weighted by Gasteiger charge is -2.00. The minimum Gasteiger partial charge on any atom is -0.461 e. The topological polar surface area (TPSA) is 72.8 Å². The number of carbonyl (C=O) groups is 1. The fourth-order valence-corrected chi connectivity index (χ4v) is 1.18. The standard InChI is InChI=1S/C6H9O5PS/c1-5(2)6(7)10-3-4-13-11-12(8)9/h1,3-4H2,2H3/p+1. The number of carbonyl (C=O) groups excluding carboxylic acids is 1. The van der Waals surface area contributed by atoms with Crippen molar-refractivity contribution in [3.05, 3.63) is 12.2 Å². The van der Waals surface area contributed by atoms with E-state index in [2.05, 4.69) is 15.3 Å². The van der Waals surface area contributed by atoms with Crippen LogP contribution in [0.4, 0.5) is 0 Å². The molecule has 0 aliphatic heterocycles. The van der Waals surface area contributed by atoms with Crippen molar-refractivity contribution in [2.24, 2.45) is 0 Å². The van der Waals surface area contributed by atoms with E-state index < -0.39 is 14.2 Å². The molecule has 74 valence electrons. The molecule has 0 heterocycles. The molecule has 1 atom stereocenters. The Labute approximate surface area is 81.3 Å². The van der Waals surface area contributed by atoms with Gasteiger partial charge < -0.3 is 4.74 Å². The molecule has 0 radical (unpaired) electrons. The van der Waals surface area contributed by atoms with Crippen LogP contribution < -0.4 is 0 Å². The van der Waals surface area contributed by atoms with Gasteiger partial charge in [-0.2, -0.15) is 0 Å². The van der Waals surface area contributed by atoms with Gasteiger partial charge in [0.1, 0.15) is 6.61 Å². The van der Waals surface area contributed by atoms with Crippen LogP contribution in [-0.4, -0.2) is 23.2 Å². The Kier molecular flexibility index (Phi) is 6.80. The Hall–Kier alpha value is -0.420. The van der Waals surface area contributed by atoms with Gasteiger partial charge in [0.25, 0.3) is 0 Å². The SMILES string of the molecule is C=C(C)C(=O)OCCSO[P+](=O)O. The number of esters is 1. The van der Waals surface area contributed by atoms with Gasteiger partial charge >= 0.3 is 14.2 Å². The van der Waals surface area contributed by atoms with Gasteiger partial charge in [-0.15, -0.1) is 4.89 Å². The molecule has 7 heteroatoms. The molecule has 0 aromatic rings. The third kappa shape index (κ3) is 7.93. The molecule has 0 aromatic heterocycles. The molecule has 0 saturated carbocycles. The van der Waals surface area contributed by atoms with Crippen molar-refractivity contribution in [1.29, 1.82) is 0 Å². The Morgan fingerprint density at radius 3 is 2.77 bits per heavy atom. The van der Waals surface area contributed by atoms with Crippen LogP contribution in [0, 0.1) is 0 Å². The van der Waals surface area contributed by atoms with E-state index in [1.807, 2.05) is 0 Å². The molecule has 0 aliphatic carbocycles. The maximum absolute atomic E-state index is 10.8. The largest absolute Gasteiger partial charge is 0.707 e. The van der Waals surface area contributed by atoms with Crippen LogP contribution in [-0.2, 0) is 18.1 Å². The third-order valence-corrected chi connectivity index (χ3v) is 2.13. The third-order valence-electron chi connectivity index (χ3n) is 0.865. The van der Waals surface area contributed by atoms with Crippen LogP contribution >= 0.6 is 20.3 Å². The molecule has 1 N–H and O–H groups in total. The second kappa shape index (κ2) is 7.03. The Bertz CT molecular complexity index is 217. The summed E-state index contributed by atoms with van der Waals surface area (Å²) in [4.78, 5) is 19.0. The van der Waals surface area contributed by atoms with E-state index in [-0.39, 0.29) is 6.61 Å². The van der Waals surface area contributed by atoms with E-state index >= 15 is 0 Å². The summed E-state index contributed by atoms with van der Waals surface area (Å²) in [6.45, 7) is 5.05. The second-order valence-electron chi connectivity index (χ2n) is 2.05. The first kappa shape index (κ1) is 12.6. The van der Waals surface area contributed by atoms with E-state index in [9.17, 15) is 9.36 Å². The molecule has 0 rings (SSSR count). The minimum atomic E-state index is -2.59. The normalized spacial score (nSPS) is 10.8. The van der Waals surface area contributed by atoms with Crippen LogP contribution in [0.25, 0.3) is 0 Å². The minimum absolute atomic E-state index is 0.125. The van der Waals surface area contributed by atoms with E-state index in [1.165, 1.54) is 6.92 Å². The van der Waals surface area contributed by atoms with Crippen molar-refractivity contribution in [1.82, 2.24) is 0 Å². The van der Waals surface area contributed by atoms with Crippen molar-refractivity contribution in [2.75, 3.05) is 12.4 Å². The van der Waals surface area contributed by atoms with Crippen LogP contribution in [0.5, 0.6) is 0 Å². The second-order valence-corrected chi connectivity index (χ2v) is 3.77. The highest BCUT2D eigenvalue weighted by molar-refractivity contribution is 7.97. The molecule has 0 aliphatic rings. The summed E-state index contributed by atoms with van der Waals surface area (Å²) in [6, 6.07) is 0. The molecular formula is C6H10O5PS+. The first-order valence-electron chi connectivity index (χ1n) is 3.32. The predicted octanol–water partition coefficient (Wildman–Crippen LogP) is 1.42. The molecule has 0 spiro atoms. The number of ether oxygens (including phenoxy) is 1. The van der Waals surface area contributed by atoms with Gasteiger partial charge in [0, 0.05) is 10.1 Å². The maximum Gasteiger partial charge on any atom is 0.707 e. The highest BCUT2D eigenvalue weighted by Crippen LogP contribution is 2.23. The zero-order chi connectivity index (χ0) is 10.3. The van der Waals surface area contributed by atoms with Crippen molar-refractivity contribution in [3.63, 3.8) is 0 Å². The Balaban J connectivity index is 3.31.